The number of halogens is 1. The first kappa shape index (κ1) is 11.5. The molecule has 0 aliphatic carbocycles. The van der Waals surface area contributed by atoms with Crippen molar-refractivity contribution in [1.82, 2.24) is 4.98 Å². The van der Waals surface area contributed by atoms with E-state index in [2.05, 4.69) is 11.1 Å². The van der Waals surface area contributed by atoms with Gasteiger partial charge in [-0.15, -0.1) is 0 Å². The van der Waals surface area contributed by atoms with Crippen molar-refractivity contribution in [2.45, 2.75) is 26.7 Å². The van der Waals surface area contributed by atoms with Crippen molar-refractivity contribution in [3.8, 4) is 12.1 Å². The van der Waals surface area contributed by atoms with Crippen LogP contribution in [0.2, 0.25) is 5.15 Å². The predicted octanol–water partition coefficient (Wildman–Crippen LogP) is 2.91. The molecule has 4 heteroatoms. The van der Waals surface area contributed by atoms with Crippen molar-refractivity contribution in [3.63, 3.8) is 0 Å². The molecule has 0 N–H and O–H groups in total. The Morgan fingerprint density at radius 1 is 1.20 bits per heavy atom. The van der Waals surface area contributed by atoms with Gasteiger partial charge < -0.3 is 0 Å². The Labute approximate surface area is 93.9 Å². The molecule has 0 unspecified atom stereocenters. The van der Waals surface area contributed by atoms with Gasteiger partial charge in [-0.25, -0.2) is 4.98 Å². The topological polar surface area (TPSA) is 60.5 Å². The van der Waals surface area contributed by atoms with Crippen molar-refractivity contribution >= 4 is 11.6 Å². The van der Waals surface area contributed by atoms with E-state index in [1.54, 1.807) is 6.92 Å². The molecule has 0 fully saturated rings. The van der Waals surface area contributed by atoms with Crippen LogP contribution in [-0.4, -0.2) is 4.98 Å². The van der Waals surface area contributed by atoms with Crippen LogP contribution in [0.4, 0.5) is 0 Å². The highest BCUT2D eigenvalue weighted by atomic mass is 35.5. The second-order valence-electron chi connectivity index (χ2n) is 3.54. The van der Waals surface area contributed by atoms with Gasteiger partial charge in [0.05, 0.1) is 16.8 Å². The lowest BCUT2D eigenvalue weighted by molar-refractivity contribution is 0.814. The minimum atomic E-state index is 0.114. The monoisotopic (exact) mass is 219 g/mol. The SMILES string of the molecule is Cc1c(C#N)c(Cl)nc(C(C)C)c1C#N. The zero-order valence-corrected chi connectivity index (χ0v) is 9.55. The average molecular weight is 220 g/mol. The Bertz CT molecular complexity index is 478. The summed E-state index contributed by atoms with van der Waals surface area (Å²) in [5.74, 6) is 0.114. The van der Waals surface area contributed by atoms with Gasteiger partial charge in [0.15, 0.2) is 0 Å². The molecule has 0 aliphatic rings. The molecule has 1 rings (SSSR count). The van der Waals surface area contributed by atoms with Crippen LogP contribution in [0.5, 0.6) is 0 Å². The van der Waals surface area contributed by atoms with E-state index in [-0.39, 0.29) is 16.6 Å². The number of pyridine rings is 1. The molecule has 0 saturated carbocycles. The number of hydrogen-bond acceptors (Lipinski definition) is 3. The lowest BCUT2D eigenvalue weighted by Gasteiger charge is -2.11. The maximum atomic E-state index is 9.02. The summed E-state index contributed by atoms with van der Waals surface area (Å²) in [4.78, 5) is 4.10. The van der Waals surface area contributed by atoms with E-state index in [1.807, 2.05) is 19.9 Å². The summed E-state index contributed by atoms with van der Waals surface area (Å²) >= 11 is 5.86. The Hall–Kier alpha value is -1.58. The maximum absolute atomic E-state index is 9.02. The summed E-state index contributed by atoms with van der Waals surface area (Å²) in [5, 5.41) is 18.1. The smallest absolute Gasteiger partial charge is 0.147 e. The summed E-state index contributed by atoms with van der Waals surface area (Å²) in [6.45, 7) is 5.59. The van der Waals surface area contributed by atoms with E-state index in [0.29, 0.717) is 16.8 Å². The molecule has 0 amide bonds. The van der Waals surface area contributed by atoms with Crippen LogP contribution in [0.25, 0.3) is 0 Å². The van der Waals surface area contributed by atoms with Gasteiger partial charge in [-0.1, -0.05) is 25.4 Å². The Morgan fingerprint density at radius 3 is 2.13 bits per heavy atom. The summed E-state index contributed by atoms with van der Waals surface area (Å²) in [7, 11) is 0. The third-order valence-electron chi connectivity index (χ3n) is 2.20. The van der Waals surface area contributed by atoms with Crippen LogP contribution >= 0.6 is 11.6 Å². The van der Waals surface area contributed by atoms with Gasteiger partial charge in [-0.3, -0.25) is 0 Å². The zero-order valence-electron chi connectivity index (χ0n) is 8.80. The lowest BCUT2D eigenvalue weighted by Crippen LogP contribution is -2.03. The third-order valence-corrected chi connectivity index (χ3v) is 2.48. The molecule has 76 valence electrons. The normalized spacial score (nSPS) is 9.80. The highest BCUT2D eigenvalue weighted by Crippen LogP contribution is 2.26. The molecule has 0 aliphatic heterocycles. The minimum absolute atomic E-state index is 0.114. The standard InChI is InChI=1S/C11H10ClN3/c1-6(2)10-8(4-13)7(3)9(5-14)11(12)15-10/h6H,1-3H3. The Balaban J connectivity index is 3.63. The van der Waals surface area contributed by atoms with Crippen molar-refractivity contribution in [2.75, 3.05) is 0 Å². The van der Waals surface area contributed by atoms with E-state index in [0.717, 1.165) is 0 Å². The summed E-state index contributed by atoms with van der Waals surface area (Å²) in [6.07, 6.45) is 0. The van der Waals surface area contributed by atoms with Gasteiger partial charge in [-0.2, -0.15) is 10.5 Å². The van der Waals surface area contributed by atoms with Crippen LogP contribution in [0.3, 0.4) is 0 Å². The van der Waals surface area contributed by atoms with E-state index >= 15 is 0 Å². The highest BCUT2D eigenvalue weighted by molar-refractivity contribution is 6.30. The van der Waals surface area contributed by atoms with E-state index in [1.165, 1.54) is 0 Å². The van der Waals surface area contributed by atoms with E-state index in [9.17, 15) is 0 Å². The molecule has 1 aromatic heterocycles. The first-order valence-electron chi connectivity index (χ1n) is 4.53. The fourth-order valence-corrected chi connectivity index (χ4v) is 1.65. The predicted molar refractivity (Wildman–Crippen MR) is 57.5 cm³/mol. The number of rotatable bonds is 1. The molecule has 0 atom stereocenters. The fourth-order valence-electron chi connectivity index (χ4n) is 1.38. The first-order chi connectivity index (χ1) is 7.02. The molecule has 0 saturated heterocycles. The van der Waals surface area contributed by atoms with Crippen molar-refractivity contribution in [3.05, 3.63) is 27.5 Å². The minimum Gasteiger partial charge on any atom is -0.238 e. The number of nitriles is 2. The Kier molecular flexibility index (Phi) is 3.29. The van der Waals surface area contributed by atoms with Gasteiger partial charge in [-0.05, 0) is 18.4 Å². The molecule has 0 radical (unpaired) electrons. The van der Waals surface area contributed by atoms with Crippen LogP contribution in [0.1, 0.15) is 42.1 Å². The second kappa shape index (κ2) is 4.29. The van der Waals surface area contributed by atoms with Gasteiger partial charge in [0.2, 0.25) is 0 Å². The number of hydrogen-bond donors (Lipinski definition) is 0. The zero-order chi connectivity index (χ0) is 11.6. The van der Waals surface area contributed by atoms with Crippen LogP contribution in [-0.2, 0) is 0 Å². The molecule has 3 nitrogen and oxygen atoms in total. The quantitative estimate of drug-likeness (QED) is 0.683. The van der Waals surface area contributed by atoms with E-state index in [4.69, 9.17) is 22.1 Å². The summed E-state index contributed by atoms with van der Waals surface area (Å²) in [5.41, 5.74) is 2.02. The molecular weight excluding hydrogens is 210 g/mol. The largest absolute Gasteiger partial charge is 0.238 e. The van der Waals surface area contributed by atoms with Crippen LogP contribution in [0.15, 0.2) is 0 Å². The molecule has 0 aromatic carbocycles. The van der Waals surface area contributed by atoms with Gasteiger partial charge in [0.1, 0.15) is 17.3 Å². The third kappa shape index (κ3) is 1.93. The summed E-state index contributed by atoms with van der Waals surface area (Å²) in [6, 6.07) is 4.03. The molecule has 1 aromatic rings. The van der Waals surface area contributed by atoms with Gasteiger partial charge in [0.25, 0.3) is 0 Å². The molecular formula is C11H10ClN3. The molecule has 0 spiro atoms. The lowest BCUT2D eigenvalue weighted by atomic mass is 9.98. The van der Waals surface area contributed by atoms with Crippen molar-refractivity contribution in [1.29, 1.82) is 10.5 Å². The molecule has 15 heavy (non-hydrogen) atoms. The molecule has 1 heterocycles. The number of nitrogens with zero attached hydrogens (tertiary/aromatic N) is 3. The van der Waals surface area contributed by atoms with Gasteiger partial charge in [0, 0.05) is 0 Å². The first-order valence-corrected chi connectivity index (χ1v) is 4.90. The second-order valence-corrected chi connectivity index (χ2v) is 3.90. The number of aromatic nitrogens is 1. The van der Waals surface area contributed by atoms with Gasteiger partial charge >= 0.3 is 0 Å². The fraction of sp³-hybridized carbons (Fsp3) is 0.364. The van der Waals surface area contributed by atoms with Crippen LogP contribution in [0, 0.1) is 29.6 Å². The molecule has 0 bridgehead atoms. The average Bonchev–Trinajstić information content (AvgIpc) is 2.17. The van der Waals surface area contributed by atoms with Crippen LogP contribution < -0.4 is 0 Å². The van der Waals surface area contributed by atoms with E-state index < -0.39 is 0 Å². The summed E-state index contributed by atoms with van der Waals surface area (Å²) < 4.78 is 0. The van der Waals surface area contributed by atoms with Crippen molar-refractivity contribution < 1.29 is 0 Å². The Morgan fingerprint density at radius 2 is 1.73 bits per heavy atom. The van der Waals surface area contributed by atoms with Crippen molar-refractivity contribution in [2.24, 2.45) is 0 Å². The maximum Gasteiger partial charge on any atom is 0.147 e. The highest BCUT2D eigenvalue weighted by Gasteiger charge is 2.17.